The number of aliphatic carboxylic acids is 1. The Hall–Kier alpha value is -2.13. The molecular weight excluding hydrogens is 358 g/mol. The van der Waals surface area contributed by atoms with Crippen molar-refractivity contribution in [1.29, 1.82) is 0 Å². The Kier molecular flexibility index (Phi) is 7.40. The fraction of sp³-hybridized carbons (Fsp3) is 0.529. The lowest BCUT2D eigenvalue weighted by molar-refractivity contribution is -0.142. The van der Waals surface area contributed by atoms with Gasteiger partial charge in [-0.25, -0.2) is 17.9 Å². The van der Waals surface area contributed by atoms with Crippen LogP contribution in [0.15, 0.2) is 30.3 Å². The molecule has 0 heterocycles. The highest BCUT2D eigenvalue weighted by Gasteiger charge is 2.26. The maximum Gasteiger partial charge on any atom is 0.315 e. The molecule has 2 rings (SSSR count). The van der Waals surface area contributed by atoms with Gasteiger partial charge >= 0.3 is 12.0 Å². The molecule has 0 aliphatic heterocycles. The third-order valence-corrected chi connectivity index (χ3v) is 5.73. The molecule has 1 aromatic carbocycles. The summed E-state index contributed by atoms with van der Waals surface area (Å²) in [4.78, 5) is 22.7. The van der Waals surface area contributed by atoms with Crippen LogP contribution in [0.5, 0.6) is 0 Å². The monoisotopic (exact) mass is 383 g/mol. The number of benzene rings is 1. The lowest BCUT2D eigenvalue weighted by Crippen LogP contribution is -2.45. The fourth-order valence-corrected chi connectivity index (χ4v) is 3.78. The van der Waals surface area contributed by atoms with E-state index in [2.05, 4.69) is 15.4 Å². The van der Waals surface area contributed by atoms with Crippen LogP contribution in [0.25, 0.3) is 0 Å². The van der Waals surface area contributed by atoms with Crippen molar-refractivity contribution in [3.8, 4) is 0 Å². The second-order valence-electron chi connectivity index (χ2n) is 6.41. The summed E-state index contributed by atoms with van der Waals surface area (Å²) >= 11 is 0. The summed E-state index contributed by atoms with van der Waals surface area (Å²) in [7, 11) is -3.48. The molecule has 2 amide bonds. The maximum atomic E-state index is 11.9. The van der Waals surface area contributed by atoms with Crippen LogP contribution in [0.4, 0.5) is 4.79 Å². The zero-order chi connectivity index (χ0) is 19.0. The van der Waals surface area contributed by atoms with Crippen molar-refractivity contribution in [2.24, 2.45) is 5.92 Å². The van der Waals surface area contributed by atoms with Crippen LogP contribution in [-0.2, 0) is 21.4 Å². The van der Waals surface area contributed by atoms with Crippen molar-refractivity contribution in [3.05, 3.63) is 35.9 Å². The third-order valence-electron chi connectivity index (χ3n) is 4.41. The van der Waals surface area contributed by atoms with Gasteiger partial charge in [-0.1, -0.05) is 30.3 Å². The second kappa shape index (κ2) is 9.54. The molecule has 1 aliphatic carbocycles. The molecule has 0 bridgehead atoms. The summed E-state index contributed by atoms with van der Waals surface area (Å²) in [5.41, 5.74) is 0.860. The summed E-state index contributed by atoms with van der Waals surface area (Å²) in [5, 5.41) is 14.2. The smallest absolute Gasteiger partial charge is 0.315 e. The number of rotatable bonds is 8. The summed E-state index contributed by atoms with van der Waals surface area (Å²) in [5.74, 6) is -1.34. The van der Waals surface area contributed by atoms with Crippen LogP contribution in [0, 0.1) is 5.92 Å². The molecule has 0 saturated heterocycles. The first kappa shape index (κ1) is 20.2. The third kappa shape index (κ3) is 7.01. The van der Waals surface area contributed by atoms with Gasteiger partial charge in [0, 0.05) is 19.1 Å². The Bertz CT molecular complexity index is 700. The normalized spacial score (nSPS) is 20.3. The second-order valence-corrected chi connectivity index (χ2v) is 8.34. The molecule has 0 spiro atoms. The van der Waals surface area contributed by atoms with E-state index in [0.29, 0.717) is 25.7 Å². The molecule has 4 N–H and O–H groups in total. The van der Waals surface area contributed by atoms with Gasteiger partial charge in [-0.3, -0.25) is 4.79 Å². The van der Waals surface area contributed by atoms with Crippen molar-refractivity contribution >= 4 is 22.0 Å². The van der Waals surface area contributed by atoms with Crippen LogP contribution in [0.3, 0.4) is 0 Å². The quantitative estimate of drug-likeness (QED) is 0.534. The van der Waals surface area contributed by atoms with Gasteiger partial charge in [0.25, 0.3) is 0 Å². The number of nitrogens with one attached hydrogen (secondary N) is 3. The SMILES string of the molecule is O=C(NCCS(=O)(=O)NCc1ccccc1)NC1CCC(C(=O)O)CC1. The minimum atomic E-state index is -3.48. The number of urea groups is 1. The number of hydrogen-bond acceptors (Lipinski definition) is 4. The average molecular weight is 383 g/mol. The predicted molar refractivity (Wildman–Crippen MR) is 97.0 cm³/mol. The van der Waals surface area contributed by atoms with Gasteiger partial charge in [0.15, 0.2) is 0 Å². The molecule has 0 atom stereocenters. The van der Waals surface area contributed by atoms with Crippen LogP contribution in [-0.4, -0.2) is 43.9 Å². The maximum absolute atomic E-state index is 11.9. The molecule has 9 heteroatoms. The average Bonchev–Trinajstić information content (AvgIpc) is 2.61. The largest absolute Gasteiger partial charge is 0.481 e. The first-order chi connectivity index (χ1) is 12.4. The Morgan fingerprint density at radius 1 is 1.08 bits per heavy atom. The lowest BCUT2D eigenvalue weighted by atomic mass is 9.86. The van der Waals surface area contributed by atoms with Gasteiger partial charge < -0.3 is 15.7 Å². The van der Waals surface area contributed by atoms with E-state index in [0.717, 1.165) is 5.56 Å². The number of carbonyl (C=O) groups is 2. The standard InChI is InChI=1S/C17H25N3O5S/c21-16(22)14-6-8-15(9-7-14)20-17(23)18-10-11-26(24,25)19-12-13-4-2-1-3-5-13/h1-5,14-15,19H,6-12H2,(H,21,22)(H2,18,20,23). The first-order valence-corrected chi connectivity index (χ1v) is 10.3. The van der Waals surface area contributed by atoms with E-state index >= 15 is 0 Å². The number of carboxylic acids is 1. The molecule has 8 nitrogen and oxygen atoms in total. The fourth-order valence-electron chi connectivity index (χ4n) is 2.88. The van der Waals surface area contributed by atoms with Crippen molar-refractivity contribution in [2.75, 3.05) is 12.3 Å². The zero-order valence-electron chi connectivity index (χ0n) is 14.5. The Labute approximate surface area is 153 Å². The summed E-state index contributed by atoms with van der Waals surface area (Å²) in [6, 6.07) is 8.68. The van der Waals surface area contributed by atoms with Crippen molar-refractivity contribution in [3.63, 3.8) is 0 Å². The zero-order valence-corrected chi connectivity index (χ0v) is 15.3. The first-order valence-electron chi connectivity index (χ1n) is 8.64. The molecule has 1 fully saturated rings. The van der Waals surface area contributed by atoms with E-state index in [1.165, 1.54) is 0 Å². The Morgan fingerprint density at radius 3 is 2.35 bits per heavy atom. The van der Waals surface area contributed by atoms with Crippen LogP contribution < -0.4 is 15.4 Å². The number of hydrogen-bond donors (Lipinski definition) is 4. The number of amides is 2. The molecular formula is C17H25N3O5S. The Morgan fingerprint density at radius 2 is 1.73 bits per heavy atom. The molecule has 26 heavy (non-hydrogen) atoms. The molecule has 0 unspecified atom stereocenters. The van der Waals surface area contributed by atoms with Crippen LogP contribution >= 0.6 is 0 Å². The summed E-state index contributed by atoms with van der Waals surface area (Å²) in [6.07, 6.45) is 2.30. The number of carbonyl (C=O) groups excluding carboxylic acids is 1. The summed E-state index contributed by atoms with van der Waals surface area (Å²) < 4.78 is 26.4. The van der Waals surface area contributed by atoms with Crippen LogP contribution in [0.1, 0.15) is 31.2 Å². The number of sulfonamides is 1. The van der Waals surface area contributed by atoms with Gasteiger partial charge in [-0.2, -0.15) is 0 Å². The topological polar surface area (TPSA) is 125 Å². The van der Waals surface area contributed by atoms with E-state index < -0.39 is 22.0 Å². The molecule has 1 aliphatic rings. The van der Waals surface area contributed by atoms with Gasteiger partial charge in [0.05, 0.1) is 11.7 Å². The van der Waals surface area contributed by atoms with E-state index in [1.807, 2.05) is 30.3 Å². The van der Waals surface area contributed by atoms with Gasteiger partial charge in [0.2, 0.25) is 10.0 Å². The van der Waals surface area contributed by atoms with E-state index in [9.17, 15) is 18.0 Å². The molecule has 0 aromatic heterocycles. The van der Waals surface area contributed by atoms with Crippen LogP contribution in [0.2, 0.25) is 0 Å². The van der Waals surface area contributed by atoms with Crippen molar-refractivity contribution in [2.45, 2.75) is 38.3 Å². The minimum Gasteiger partial charge on any atom is -0.481 e. The van der Waals surface area contributed by atoms with Crippen molar-refractivity contribution in [1.82, 2.24) is 15.4 Å². The molecule has 1 aromatic rings. The molecule has 0 radical (unpaired) electrons. The predicted octanol–water partition coefficient (Wildman–Crippen LogP) is 1.05. The Balaban J connectivity index is 1.64. The van der Waals surface area contributed by atoms with Crippen molar-refractivity contribution < 1.29 is 23.1 Å². The lowest BCUT2D eigenvalue weighted by Gasteiger charge is -2.26. The summed E-state index contributed by atoms with van der Waals surface area (Å²) in [6.45, 7) is 0.211. The van der Waals surface area contributed by atoms with Gasteiger partial charge in [-0.15, -0.1) is 0 Å². The van der Waals surface area contributed by atoms with Gasteiger partial charge in [0.1, 0.15) is 0 Å². The molecule has 1 saturated carbocycles. The number of carboxylic acid groups (broad SMARTS) is 1. The highest BCUT2D eigenvalue weighted by Crippen LogP contribution is 2.24. The van der Waals surface area contributed by atoms with E-state index in [1.54, 1.807) is 0 Å². The molecule has 144 valence electrons. The van der Waals surface area contributed by atoms with E-state index in [4.69, 9.17) is 5.11 Å². The van der Waals surface area contributed by atoms with Gasteiger partial charge in [-0.05, 0) is 31.2 Å². The highest BCUT2D eigenvalue weighted by atomic mass is 32.2. The highest BCUT2D eigenvalue weighted by molar-refractivity contribution is 7.89. The minimum absolute atomic E-state index is 0.000424. The van der Waals surface area contributed by atoms with E-state index in [-0.39, 0.29) is 30.8 Å².